The van der Waals surface area contributed by atoms with Crippen molar-refractivity contribution < 1.29 is 9.18 Å². The number of hydrogen-bond acceptors (Lipinski definition) is 3. The molecular weight excluding hydrogens is 319 g/mol. The van der Waals surface area contributed by atoms with E-state index in [0.717, 1.165) is 25.1 Å². The molecule has 5 nitrogen and oxygen atoms in total. The van der Waals surface area contributed by atoms with Gasteiger partial charge in [-0.1, -0.05) is 0 Å². The number of halogens is 2. The molecule has 124 valence electrons. The van der Waals surface area contributed by atoms with E-state index in [-0.39, 0.29) is 30.2 Å². The molecule has 3 rings (SSSR count). The molecule has 1 saturated heterocycles. The first-order valence-corrected chi connectivity index (χ1v) is 7.47. The lowest BCUT2D eigenvalue weighted by molar-refractivity contribution is 0.0920. The summed E-state index contributed by atoms with van der Waals surface area (Å²) in [5.74, 6) is -0.464. The van der Waals surface area contributed by atoms with Crippen LogP contribution in [0, 0.1) is 5.82 Å². The van der Waals surface area contributed by atoms with Crippen LogP contribution in [0.5, 0.6) is 0 Å². The van der Waals surface area contributed by atoms with Crippen LogP contribution < -0.4 is 10.6 Å². The highest BCUT2D eigenvalue weighted by atomic mass is 35.5. The van der Waals surface area contributed by atoms with Crippen LogP contribution in [0.2, 0.25) is 0 Å². The van der Waals surface area contributed by atoms with E-state index in [2.05, 4.69) is 22.7 Å². The Hall–Kier alpha value is -1.92. The Morgan fingerprint density at radius 1 is 1.35 bits per heavy atom. The molecular formula is C16H20ClFN4O. The molecule has 0 bridgehead atoms. The summed E-state index contributed by atoms with van der Waals surface area (Å²) in [6.45, 7) is 3.03. The normalized spacial score (nSPS) is 20.6. The summed E-state index contributed by atoms with van der Waals surface area (Å²) in [6.07, 6.45) is 3.55. The number of carbonyl (C=O) groups is 1. The smallest absolute Gasteiger partial charge is 0.272 e. The van der Waals surface area contributed by atoms with Crippen LogP contribution in [0.15, 0.2) is 36.5 Å². The van der Waals surface area contributed by atoms with Crippen molar-refractivity contribution in [3.63, 3.8) is 0 Å². The summed E-state index contributed by atoms with van der Waals surface area (Å²) in [6, 6.07) is 8.25. The number of aromatic nitrogens is 2. The number of nitrogens with zero attached hydrogens (tertiary/aromatic N) is 2. The predicted octanol–water partition coefficient (Wildman–Crippen LogP) is 2.30. The highest BCUT2D eigenvalue weighted by Crippen LogP contribution is 2.11. The van der Waals surface area contributed by atoms with Crippen LogP contribution in [-0.2, 0) is 0 Å². The minimum atomic E-state index is -0.297. The highest BCUT2D eigenvalue weighted by molar-refractivity contribution is 5.92. The first-order valence-electron chi connectivity index (χ1n) is 7.47. The van der Waals surface area contributed by atoms with Gasteiger partial charge in [0.1, 0.15) is 5.82 Å². The van der Waals surface area contributed by atoms with Gasteiger partial charge in [-0.25, -0.2) is 9.07 Å². The molecule has 1 aromatic carbocycles. The van der Waals surface area contributed by atoms with Gasteiger partial charge in [-0.2, -0.15) is 5.10 Å². The lowest BCUT2D eigenvalue weighted by Gasteiger charge is -2.28. The molecule has 1 aromatic heterocycles. The van der Waals surface area contributed by atoms with Crippen molar-refractivity contribution in [2.75, 3.05) is 6.54 Å². The molecule has 0 spiro atoms. The number of piperidine rings is 1. The third-order valence-corrected chi connectivity index (χ3v) is 3.87. The summed E-state index contributed by atoms with van der Waals surface area (Å²) in [5, 5.41) is 10.6. The van der Waals surface area contributed by atoms with Gasteiger partial charge in [-0.05, 0) is 56.6 Å². The average molecular weight is 339 g/mol. The van der Waals surface area contributed by atoms with Crippen molar-refractivity contribution in [2.45, 2.75) is 31.8 Å². The molecule has 0 saturated carbocycles. The molecule has 2 heterocycles. The Balaban J connectivity index is 0.00000192. The number of amides is 1. The number of nitrogens with one attached hydrogen (secondary N) is 2. The molecule has 2 aromatic rings. The SMILES string of the molecule is CC1CC(NC(=O)c2ccn(-c3ccc(F)cc3)n2)CCN1.Cl. The molecule has 1 amide bonds. The van der Waals surface area contributed by atoms with Gasteiger partial charge < -0.3 is 10.6 Å². The second-order valence-corrected chi connectivity index (χ2v) is 5.67. The fraction of sp³-hybridized carbons (Fsp3) is 0.375. The quantitative estimate of drug-likeness (QED) is 0.903. The fourth-order valence-corrected chi connectivity index (χ4v) is 2.71. The number of benzene rings is 1. The van der Waals surface area contributed by atoms with Gasteiger partial charge in [0.2, 0.25) is 0 Å². The molecule has 2 atom stereocenters. The van der Waals surface area contributed by atoms with E-state index in [1.165, 1.54) is 12.1 Å². The number of carbonyl (C=O) groups excluding carboxylic acids is 1. The molecule has 1 aliphatic heterocycles. The van der Waals surface area contributed by atoms with Gasteiger partial charge in [-0.15, -0.1) is 12.4 Å². The van der Waals surface area contributed by atoms with Crippen LogP contribution in [0.25, 0.3) is 5.69 Å². The van der Waals surface area contributed by atoms with E-state index in [1.54, 1.807) is 29.1 Å². The van der Waals surface area contributed by atoms with Crippen molar-refractivity contribution >= 4 is 18.3 Å². The van der Waals surface area contributed by atoms with Crippen LogP contribution in [0.1, 0.15) is 30.3 Å². The molecule has 1 fully saturated rings. The van der Waals surface area contributed by atoms with Crippen molar-refractivity contribution in [1.29, 1.82) is 0 Å². The van der Waals surface area contributed by atoms with Gasteiger partial charge >= 0.3 is 0 Å². The van der Waals surface area contributed by atoms with Gasteiger partial charge in [0.25, 0.3) is 5.91 Å². The molecule has 23 heavy (non-hydrogen) atoms. The maximum Gasteiger partial charge on any atom is 0.272 e. The lowest BCUT2D eigenvalue weighted by Crippen LogP contribution is -2.46. The van der Waals surface area contributed by atoms with E-state index < -0.39 is 0 Å². The van der Waals surface area contributed by atoms with Gasteiger partial charge in [0, 0.05) is 18.3 Å². The average Bonchev–Trinajstić information content (AvgIpc) is 2.98. The van der Waals surface area contributed by atoms with Crippen molar-refractivity contribution in [3.8, 4) is 5.69 Å². The van der Waals surface area contributed by atoms with Crippen molar-refractivity contribution in [1.82, 2.24) is 20.4 Å². The van der Waals surface area contributed by atoms with E-state index in [4.69, 9.17) is 0 Å². The second kappa shape index (κ2) is 7.57. The van der Waals surface area contributed by atoms with Gasteiger partial charge in [0.15, 0.2) is 5.69 Å². The highest BCUT2D eigenvalue weighted by Gasteiger charge is 2.21. The van der Waals surface area contributed by atoms with Crippen molar-refractivity contribution in [2.24, 2.45) is 0 Å². The van der Waals surface area contributed by atoms with Gasteiger partial charge in [-0.3, -0.25) is 4.79 Å². The zero-order valence-electron chi connectivity index (χ0n) is 12.8. The fourth-order valence-electron chi connectivity index (χ4n) is 2.71. The minimum absolute atomic E-state index is 0. The zero-order valence-corrected chi connectivity index (χ0v) is 13.6. The molecule has 1 aliphatic rings. The summed E-state index contributed by atoms with van der Waals surface area (Å²) in [7, 11) is 0. The first-order chi connectivity index (χ1) is 10.6. The number of hydrogen-bond donors (Lipinski definition) is 2. The van der Waals surface area contributed by atoms with Crippen LogP contribution in [0.3, 0.4) is 0 Å². The third kappa shape index (κ3) is 4.30. The van der Waals surface area contributed by atoms with Crippen LogP contribution in [-0.4, -0.2) is 34.3 Å². The second-order valence-electron chi connectivity index (χ2n) is 5.67. The number of rotatable bonds is 3. The molecule has 7 heteroatoms. The summed E-state index contributed by atoms with van der Waals surface area (Å²) < 4.78 is 14.5. The first kappa shape index (κ1) is 17.4. The zero-order chi connectivity index (χ0) is 15.5. The van der Waals surface area contributed by atoms with Crippen LogP contribution >= 0.6 is 12.4 Å². The van der Waals surface area contributed by atoms with E-state index in [0.29, 0.717) is 11.7 Å². The maximum absolute atomic E-state index is 12.9. The van der Waals surface area contributed by atoms with Crippen LogP contribution in [0.4, 0.5) is 4.39 Å². The van der Waals surface area contributed by atoms with Crippen molar-refractivity contribution in [3.05, 3.63) is 48.0 Å². The Morgan fingerprint density at radius 3 is 2.78 bits per heavy atom. The molecule has 0 radical (unpaired) electrons. The Bertz CT molecular complexity index is 658. The summed E-state index contributed by atoms with van der Waals surface area (Å²) >= 11 is 0. The monoisotopic (exact) mass is 338 g/mol. The van der Waals surface area contributed by atoms with E-state index >= 15 is 0 Å². The predicted molar refractivity (Wildman–Crippen MR) is 88.7 cm³/mol. The maximum atomic E-state index is 12.9. The summed E-state index contributed by atoms with van der Waals surface area (Å²) in [4.78, 5) is 12.3. The Morgan fingerprint density at radius 2 is 2.09 bits per heavy atom. The minimum Gasteiger partial charge on any atom is -0.348 e. The Kier molecular flexibility index (Phi) is 5.74. The lowest BCUT2D eigenvalue weighted by atomic mass is 10.0. The standard InChI is InChI=1S/C16H19FN4O.ClH/c1-11-10-13(6-8-18-11)19-16(22)15-7-9-21(20-15)14-4-2-12(17)3-5-14;/h2-5,7,9,11,13,18H,6,8,10H2,1H3,(H,19,22);1H. The largest absolute Gasteiger partial charge is 0.348 e. The summed E-state index contributed by atoms with van der Waals surface area (Å²) in [5.41, 5.74) is 1.09. The van der Waals surface area contributed by atoms with E-state index in [9.17, 15) is 9.18 Å². The Labute approximate surface area is 140 Å². The molecule has 2 N–H and O–H groups in total. The third-order valence-electron chi connectivity index (χ3n) is 3.87. The van der Waals surface area contributed by atoms with E-state index in [1.807, 2.05) is 0 Å². The molecule has 0 aliphatic carbocycles. The topological polar surface area (TPSA) is 59.0 Å². The van der Waals surface area contributed by atoms with Gasteiger partial charge in [0.05, 0.1) is 5.69 Å². The molecule has 2 unspecified atom stereocenters.